The van der Waals surface area contributed by atoms with E-state index in [4.69, 9.17) is 5.73 Å². The first-order chi connectivity index (χ1) is 8.72. The average Bonchev–Trinajstić information content (AvgIpc) is 2.76. The summed E-state index contributed by atoms with van der Waals surface area (Å²) in [4.78, 5) is 8.30. The molecule has 0 atom stereocenters. The van der Waals surface area contributed by atoms with Gasteiger partial charge in [-0.1, -0.05) is 12.1 Å². The Morgan fingerprint density at radius 3 is 2.72 bits per heavy atom. The predicted octanol–water partition coefficient (Wildman–Crippen LogP) is 1.50. The summed E-state index contributed by atoms with van der Waals surface area (Å²) in [7, 11) is 2.18. The molecular formula is C14H20N4. The van der Waals surface area contributed by atoms with E-state index in [1.807, 2.05) is 12.1 Å². The summed E-state index contributed by atoms with van der Waals surface area (Å²) in [5.74, 6) is 0. The zero-order chi connectivity index (χ0) is 12.5. The van der Waals surface area contributed by atoms with Gasteiger partial charge in [-0.2, -0.15) is 0 Å². The molecule has 2 heterocycles. The van der Waals surface area contributed by atoms with E-state index in [2.05, 4.69) is 34.0 Å². The van der Waals surface area contributed by atoms with Crippen LogP contribution in [0.4, 0.5) is 5.69 Å². The number of nitrogen functional groups attached to an aromatic ring is 1. The number of nitrogens with one attached hydrogen (secondary N) is 1. The third kappa shape index (κ3) is 2.21. The fraction of sp³-hybridized carbons (Fsp3) is 0.429. The minimum atomic E-state index is 0.831. The van der Waals surface area contributed by atoms with Crippen molar-refractivity contribution in [2.45, 2.75) is 6.54 Å². The lowest BCUT2D eigenvalue weighted by Crippen LogP contribution is -2.43. The van der Waals surface area contributed by atoms with Crippen LogP contribution in [0.1, 0.15) is 5.69 Å². The molecule has 0 unspecified atom stereocenters. The van der Waals surface area contributed by atoms with Gasteiger partial charge in [0.1, 0.15) is 0 Å². The van der Waals surface area contributed by atoms with Crippen molar-refractivity contribution in [2.24, 2.45) is 0 Å². The highest BCUT2D eigenvalue weighted by Crippen LogP contribution is 2.22. The summed E-state index contributed by atoms with van der Waals surface area (Å²) >= 11 is 0. The molecule has 1 aliphatic heterocycles. The summed E-state index contributed by atoms with van der Waals surface area (Å²) in [5.41, 5.74) is 9.13. The standard InChI is InChI=1S/C14H20N4/c1-17-5-7-18(8-6-17)10-12-9-11-3-2-4-13(15)14(11)16-12/h2-4,9,16H,5-8,10,15H2,1H3. The summed E-state index contributed by atoms with van der Waals surface area (Å²) in [6, 6.07) is 8.27. The van der Waals surface area contributed by atoms with Crippen LogP contribution >= 0.6 is 0 Å². The fourth-order valence-corrected chi connectivity index (χ4v) is 2.57. The van der Waals surface area contributed by atoms with Crippen molar-refractivity contribution in [1.82, 2.24) is 14.8 Å². The van der Waals surface area contributed by atoms with Crippen molar-refractivity contribution in [2.75, 3.05) is 39.0 Å². The van der Waals surface area contributed by atoms with Gasteiger partial charge in [-0.3, -0.25) is 4.90 Å². The Morgan fingerprint density at radius 1 is 1.22 bits per heavy atom. The molecule has 4 heteroatoms. The van der Waals surface area contributed by atoms with Crippen LogP contribution < -0.4 is 5.73 Å². The topological polar surface area (TPSA) is 48.3 Å². The number of aromatic nitrogens is 1. The number of nitrogens with zero attached hydrogens (tertiary/aromatic N) is 2. The number of hydrogen-bond donors (Lipinski definition) is 2. The Bertz CT molecular complexity index is 538. The first kappa shape index (κ1) is 11.6. The smallest absolute Gasteiger partial charge is 0.0690 e. The largest absolute Gasteiger partial charge is 0.397 e. The number of fused-ring (bicyclic) bond motifs is 1. The molecule has 1 aromatic carbocycles. The van der Waals surface area contributed by atoms with E-state index in [0.717, 1.165) is 43.9 Å². The van der Waals surface area contributed by atoms with E-state index >= 15 is 0 Å². The monoisotopic (exact) mass is 244 g/mol. The lowest BCUT2D eigenvalue weighted by Gasteiger charge is -2.31. The number of H-pyrrole nitrogens is 1. The van der Waals surface area contributed by atoms with E-state index in [1.54, 1.807) is 0 Å². The van der Waals surface area contributed by atoms with Crippen molar-refractivity contribution < 1.29 is 0 Å². The Kier molecular flexibility index (Phi) is 2.97. The van der Waals surface area contributed by atoms with Gasteiger partial charge in [0.05, 0.1) is 11.2 Å². The minimum absolute atomic E-state index is 0.831. The average molecular weight is 244 g/mol. The third-order valence-corrected chi connectivity index (χ3v) is 3.73. The van der Waals surface area contributed by atoms with Gasteiger partial charge in [-0.25, -0.2) is 0 Å². The highest BCUT2D eigenvalue weighted by molar-refractivity contribution is 5.90. The maximum atomic E-state index is 5.97. The van der Waals surface area contributed by atoms with Crippen molar-refractivity contribution in [3.8, 4) is 0 Å². The van der Waals surface area contributed by atoms with Crippen molar-refractivity contribution >= 4 is 16.6 Å². The highest BCUT2D eigenvalue weighted by atomic mass is 15.2. The fourth-order valence-electron chi connectivity index (χ4n) is 2.57. The molecule has 1 fully saturated rings. The quantitative estimate of drug-likeness (QED) is 0.787. The normalized spacial score (nSPS) is 18.5. The van der Waals surface area contributed by atoms with Crippen LogP contribution in [0.3, 0.4) is 0 Å². The zero-order valence-electron chi connectivity index (χ0n) is 10.8. The van der Waals surface area contributed by atoms with Gasteiger partial charge in [-0.05, 0) is 19.2 Å². The highest BCUT2D eigenvalue weighted by Gasteiger charge is 2.14. The third-order valence-electron chi connectivity index (χ3n) is 3.73. The van der Waals surface area contributed by atoms with E-state index < -0.39 is 0 Å². The van der Waals surface area contributed by atoms with Gasteiger partial charge in [0.15, 0.2) is 0 Å². The molecule has 4 nitrogen and oxygen atoms in total. The number of rotatable bonds is 2. The van der Waals surface area contributed by atoms with Gasteiger partial charge in [-0.15, -0.1) is 0 Å². The van der Waals surface area contributed by atoms with Crippen LogP contribution in [0.5, 0.6) is 0 Å². The molecule has 0 amide bonds. The first-order valence-electron chi connectivity index (χ1n) is 6.49. The summed E-state index contributed by atoms with van der Waals surface area (Å²) in [6.45, 7) is 5.58. The van der Waals surface area contributed by atoms with Crippen LogP contribution in [0, 0.1) is 0 Å². The molecule has 2 aromatic rings. The molecule has 1 aliphatic rings. The van der Waals surface area contributed by atoms with Crippen molar-refractivity contribution in [1.29, 1.82) is 0 Å². The van der Waals surface area contributed by atoms with Gasteiger partial charge >= 0.3 is 0 Å². The van der Waals surface area contributed by atoms with E-state index in [-0.39, 0.29) is 0 Å². The van der Waals surface area contributed by atoms with Crippen molar-refractivity contribution in [3.63, 3.8) is 0 Å². The number of piperazine rings is 1. The number of likely N-dealkylation sites (N-methyl/N-ethyl adjacent to an activating group) is 1. The summed E-state index contributed by atoms with van der Waals surface area (Å²) in [6.07, 6.45) is 0. The molecule has 3 rings (SSSR count). The molecule has 96 valence electrons. The number of para-hydroxylation sites is 1. The van der Waals surface area contributed by atoms with Crippen LogP contribution in [-0.4, -0.2) is 48.0 Å². The molecule has 1 saturated heterocycles. The number of benzene rings is 1. The first-order valence-corrected chi connectivity index (χ1v) is 6.49. The SMILES string of the molecule is CN1CCN(Cc2cc3cccc(N)c3[nH]2)CC1. The molecule has 0 radical (unpaired) electrons. The number of hydrogen-bond acceptors (Lipinski definition) is 3. The Labute approximate surface area is 107 Å². The number of aromatic amines is 1. The maximum absolute atomic E-state index is 5.97. The Hall–Kier alpha value is -1.52. The summed E-state index contributed by atoms with van der Waals surface area (Å²) < 4.78 is 0. The van der Waals surface area contributed by atoms with Gasteiger partial charge in [0, 0.05) is 43.8 Å². The number of anilines is 1. The molecular weight excluding hydrogens is 224 g/mol. The molecule has 0 bridgehead atoms. The predicted molar refractivity (Wildman–Crippen MR) is 75.5 cm³/mol. The second kappa shape index (κ2) is 4.63. The maximum Gasteiger partial charge on any atom is 0.0690 e. The van der Waals surface area contributed by atoms with E-state index in [9.17, 15) is 0 Å². The van der Waals surface area contributed by atoms with E-state index in [0.29, 0.717) is 0 Å². The van der Waals surface area contributed by atoms with Crippen LogP contribution in [0.2, 0.25) is 0 Å². The second-order valence-corrected chi connectivity index (χ2v) is 5.19. The Balaban J connectivity index is 1.77. The van der Waals surface area contributed by atoms with Crippen LogP contribution in [-0.2, 0) is 6.54 Å². The van der Waals surface area contributed by atoms with Crippen molar-refractivity contribution in [3.05, 3.63) is 30.0 Å². The molecule has 1 aromatic heterocycles. The number of nitrogens with two attached hydrogens (primary N) is 1. The van der Waals surface area contributed by atoms with Gasteiger partial charge in [0.25, 0.3) is 0 Å². The van der Waals surface area contributed by atoms with Crippen LogP contribution in [0.25, 0.3) is 10.9 Å². The zero-order valence-corrected chi connectivity index (χ0v) is 10.8. The lowest BCUT2D eigenvalue weighted by molar-refractivity contribution is 0.147. The van der Waals surface area contributed by atoms with Crippen LogP contribution in [0.15, 0.2) is 24.3 Å². The van der Waals surface area contributed by atoms with Gasteiger partial charge in [0.2, 0.25) is 0 Å². The molecule has 0 saturated carbocycles. The van der Waals surface area contributed by atoms with E-state index in [1.165, 1.54) is 11.1 Å². The molecule has 0 spiro atoms. The molecule has 3 N–H and O–H groups in total. The lowest BCUT2D eigenvalue weighted by atomic mass is 10.2. The minimum Gasteiger partial charge on any atom is -0.397 e. The Morgan fingerprint density at radius 2 is 2.00 bits per heavy atom. The molecule has 0 aliphatic carbocycles. The van der Waals surface area contributed by atoms with Gasteiger partial charge < -0.3 is 15.6 Å². The molecule has 18 heavy (non-hydrogen) atoms. The summed E-state index contributed by atoms with van der Waals surface area (Å²) in [5, 5.41) is 1.21. The second-order valence-electron chi connectivity index (χ2n) is 5.19.